The average Bonchev–Trinajstić information content (AvgIpc) is 2.14. The Kier molecular flexibility index (Phi) is 3.43. The average molecular weight is 278 g/mol. The molecule has 0 amide bonds. The van der Waals surface area contributed by atoms with Gasteiger partial charge >= 0.3 is 0 Å². The zero-order chi connectivity index (χ0) is 12.6. The normalized spacial score (nSPS) is 24.4. The maximum absolute atomic E-state index is 12.9. The molecule has 0 spiro atoms. The summed E-state index contributed by atoms with van der Waals surface area (Å²) in [7, 11) is -3.57. The molecule has 0 aliphatic heterocycles. The largest absolute Gasteiger partial charge is 0.241 e. The van der Waals surface area contributed by atoms with Crippen molar-refractivity contribution in [3.63, 3.8) is 0 Å². The van der Waals surface area contributed by atoms with Crippen LogP contribution in [0.15, 0.2) is 23.1 Å². The molecule has 6 heteroatoms. The van der Waals surface area contributed by atoms with E-state index in [-0.39, 0.29) is 16.3 Å². The number of halogens is 2. The molecule has 1 aliphatic carbocycles. The number of alkyl halides is 1. The molecule has 1 fully saturated rings. The van der Waals surface area contributed by atoms with Crippen molar-refractivity contribution in [2.75, 3.05) is 0 Å². The molecule has 0 unspecified atom stereocenters. The number of rotatable bonds is 3. The second-order valence-corrected chi connectivity index (χ2v) is 6.60. The van der Waals surface area contributed by atoms with E-state index in [1.165, 1.54) is 12.1 Å². The van der Waals surface area contributed by atoms with E-state index in [1.54, 1.807) is 6.92 Å². The summed E-state index contributed by atoms with van der Waals surface area (Å²) < 4.78 is 39.5. The first-order valence-corrected chi connectivity index (χ1v) is 7.23. The highest BCUT2D eigenvalue weighted by Crippen LogP contribution is 2.27. The van der Waals surface area contributed by atoms with Crippen molar-refractivity contribution >= 4 is 21.6 Å². The van der Waals surface area contributed by atoms with Gasteiger partial charge in [-0.15, -0.1) is 11.6 Å². The minimum absolute atomic E-state index is 0.0528. The second-order valence-electron chi connectivity index (χ2n) is 4.30. The Morgan fingerprint density at radius 2 is 2.06 bits per heavy atom. The predicted molar refractivity (Wildman–Crippen MR) is 64.1 cm³/mol. The summed E-state index contributed by atoms with van der Waals surface area (Å²) in [6.07, 6.45) is 1.28. The fraction of sp³-hybridized carbons (Fsp3) is 0.455. The number of sulfonamides is 1. The number of aryl methyl sites for hydroxylation is 1. The lowest BCUT2D eigenvalue weighted by molar-refractivity contribution is 0.391. The van der Waals surface area contributed by atoms with Gasteiger partial charge in [-0.2, -0.15) is 0 Å². The summed E-state index contributed by atoms with van der Waals surface area (Å²) in [4.78, 5) is 0.122. The van der Waals surface area contributed by atoms with Crippen molar-refractivity contribution < 1.29 is 12.8 Å². The molecule has 1 N–H and O–H groups in total. The van der Waals surface area contributed by atoms with Crippen molar-refractivity contribution in [2.45, 2.75) is 36.1 Å². The quantitative estimate of drug-likeness (QED) is 0.861. The molecule has 3 nitrogen and oxygen atoms in total. The molecule has 1 saturated carbocycles. The van der Waals surface area contributed by atoms with Crippen LogP contribution in [-0.4, -0.2) is 19.8 Å². The van der Waals surface area contributed by atoms with Gasteiger partial charge in [-0.3, -0.25) is 0 Å². The van der Waals surface area contributed by atoms with Crippen molar-refractivity contribution in [3.05, 3.63) is 29.6 Å². The highest BCUT2D eigenvalue weighted by Gasteiger charge is 2.31. The third kappa shape index (κ3) is 2.78. The fourth-order valence-corrected chi connectivity index (χ4v) is 3.76. The Morgan fingerprint density at radius 1 is 1.41 bits per heavy atom. The highest BCUT2D eigenvalue weighted by molar-refractivity contribution is 7.89. The Hall–Kier alpha value is -0.650. The number of nitrogens with one attached hydrogen (secondary N) is 1. The van der Waals surface area contributed by atoms with E-state index in [0.29, 0.717) is 18.4 Å². The summed E-state index contributed by atoms with van der Waals surface area (Å²) in [5, 5.41) is 0.0528. The second kappa shape index (κ2) is 4.55. The summed E-state index contributed by atoms with van der Waals surface area (Å²) in [6, 6.07) is 3.53. The Bertz CT molecular complexity index is 526. The monoisotopic (exact) mass is 277 g/mol. The highest BCUT2D eigenvalue weighted by atomic mass is 35.5. The Morgan fingerprint density at radius 3 is 2.59 bits per heavy atom. The molecule has 0 aromatic heterocycles. The van der Waals surface area contributed by atoms with Gasteiger partial charge in [0.2, 0.25) is 10.0 Å². The minimum Gasteiger partial charge on any atom is -0.208 e. The van der Waals surface area contributed by atoms with Crippen LogP contribution in [0.5, 0.6) is 0 Å². The molecule has 17 heavy (non-hydrogen) atoms. The topological polar surface area (TPSA) is 46.2 Å². The lowest BCUT2D eigenvalue weighted by Gasteiger charge is -2.31. The van der Waals surface area contributed by atoms with Gasteiger partial charge in [0.15, 0.2) is 0 Å². The fourth-order valence-electron chi connectivity index (χ4n) is 1.84. The van der Waals surface area contributed by atoms with Gasteiger partial charge in [-0.1, -0.05) is 0 Å². The maximum atomic E-state index is 12.9. The molecule has 2 rings (SSSR count). The van der Waals surface area contributed by atoms with Crippen LogP contribution in [-0.2, 0) is 10.0 Å². The number of hydrogen-bond donors (Lipinski definition) is 1. The van der Waals surface area contributed by atoms with Crippen LogP contribution in [0, 0.1) is 12.7 Å². The Balaban J connectivity index is 2.20. The van der Waals surface area contributed by atoms with Gasteiger partial charge in [-0.25, -0.2) is 17.5 Å². The van der Waals surface area contributed by atoms with Crippen molar-refractivity contribution in [3.8, 4) is 0 Å². The molecule has 0 heterocycles. The molecule has 0 radical (unpaired) electrons. The lowest BCUT2D eigenvalue weighted by atomic mass is 9.94. The third-order valence-electron chi connectivity index (χ3n) is 2.83. The van der Waals surface area contributed by atoms with E-state index in [0.717, 1.165) is 6.07 Å². The van der Waals surface area contributed by atoms with E-state index in [9.17, 15) is 12.8 Å². The zero-order valence-corrected chi connectivity index (χ0v) is 10.9. The summed E-state index contributed by atoms with van der Waals surface area (Å²) in [5.41, 5.74) is 0.402. The van der Waals surface area contributed by atoms with Crippen molar-refractivity contribution in [2.24, 2.45) is 0 Å². The molecule has 1 aromatic rings. The van der Waals surface area contributed by atoms with Crippen LogP contribution in [0.2, 0.25) is 0 Å². The summed E-state index contributed by atoms with van der Waals surface area (Å²) in [6.45, 7) is 1.57. The van der Waals surface area contributed by atoms with Crippen LogP contribution in [0.1, 0.15) is 18.4 Å². The van der Waals surface area contributed by atoms with Crippen molar-refractivity contribution in [1.29, 1.82) is 0 Å². The predicted octanol–water partition coefficient (Wildman–Crippen LogP) is 2.18. The minimum atomic E-state index is -3.57. The number of hydrogen-bond acceptors (Lipinski definition) is 2. The van der Waals surface area contributed by atoms with Gasteiger partial charge < -0.3 is 0 Å². The standard InChI is InChI=1S/C11H13ClFNO2S/c1-7-4-9(13)2-3-11(7)17(15,16)14-10-5-8(12)6-10/h2-4,8,10,14H,5-6H2,1H3. The van der Waals surface area contributed by atoms with Crippen LogP contribution in [0.4, 0.5) is 4.39 Å². The van der Waals surface area contributed by atoms with E-state index >= 15 is 0 Å². The Labute approximate surface area is 105 Å². The molecule has 0 bridgehead atoms. The van der Waals surface area contributed by atoms with Crippen LogP contribution in [0.25, 0.3) is 0 Å². The molecule has 94 valence electrons. The molecule has 1 aromatic carbocycles. The first-order valence-electron chi connectivity index (χ1n) is 5.31. The molecule has 0 atom stereocenters. The van der Waals surface area contributed by atoms with Gasteiger partial charge in [0.05, 0.1) is 4.90 Å². The van der Waals surface area contributed by atoms with Gasteiger partial charge in [0, 0.05) is 11.4 Å². The maximum Gasteiger partial charge on any atom is 0.241 e. The zero-order valence-electron chi connectivity index (χ0n) is 9.28. The SMILES string of the molecule is Cc1cc(F)ccc1S(=O)(=O)NC1CC(Cl)C1. The number of benzene rings is 1. The van der Waals surface area contributed by atoms with Crippen LogP contribution < -0.4 is 4.72 Å². The van der Waals surface area contributed by atoms with Crippen LogP contribution >= 0.6 is 11.6 Å². The van der Waals surface area contributed by atoms with E-state index in [1.807, 2.05) is 0 Å². The first-order chi connectivity index (χ1) is 7.88. The smallest absolute Gasteiger partial charge is 0.208 e. The first kappa shape index (κ1) is 12.8. The molecular formula is C11H13ClFNO2S. The van der Waals surface area contributed by atoms with E-state index in [4.69, 9.17) is 11.6 Å². The van der Waals surface area contributed by atoms with E-state index < -0.39 is 15.8 Å². The summed E-state index contributed by atoms with van der Waals surface area (Å²) in [5.74, 6) is -0.439. The molecule has 1 aliphatic rings. The molecular weight excluding hydrogens is 265 g/mol. The third-order valence-corrected chi connectivity index (χ3v) is 4.87. The van der Waals surface area contributed by atoms with Crippen molar-refractivity contribution in [1.82, 2.24) is 4.72 Å². The molecule has 0 saturated heterocycles. The van der Waals surface area contributed by atoms with E-state index in [2.05, 4.69) is 4.72 Å². The van der Waals surface area contributed by atoms with Crippen LogP contribution in [0.3, 0.4) is 0 Å². The van der Waals surface area contributed by atoms with Gasteiger partial charge in [0.25, 0.3) is 0 Å². The van der Waals surface area contributed by atoms with Gasteiger partial charge in [0.1, 0.15) is 5.82 Å². The summed E-state index contributed by atoms with van der Waals surface area (Å²) >= 11 is 5.79. The van der Waals surface area contributed by atoms with Gasteiger partial charge in [-0.05, 0) is 43.5 Å². The lowest BCUT2D eigenvalue weighted by Crippen LogP contribution is -2.44.